The molecule has 1 saturated carbocycles. The van der Waals surface area contributed by atoms with Crippen molar-refractivity contribution in [3.8, 4) is 5.75 Å². The van der Waals surface area contributed by atoms with Crippen LogP contribution in [0.1, 0.15) is 37.8 Å². The number of anilines is 1. The molecule has 0 bridgehead atoms. The van der Waals surface area contributed by atoms with E-state index >= 15 is 0 Å². The summed E-state index contributed by atoms with van der Waals surface area (Å²) in [4.78, 5) is 0. The second kappa shape index (κ2) is 4.18. The van der Waals surface area contributed by atoms with Crippen molar-refractivity contribution in [1.29, 1.82) is 0 Å². The molecule has 2 aliphatic rings. The number of hydrogen-bond acceptors (Lipinski definition) is 2. The van der Waals surface area contributed by atoms with E-state index in [1.165, 1.54) is 29.7 Å². The lowest BCUT2D eigenvalue weighted by molar-refractivity contribution is 0.0769. The fraction of sp³-hybridized carbons (Fsp3) is 0.625. The van der Waals surface area contributed by atoms with Crippen molar-refractivity contribution in [3.05, 3.63) is 23.3 Å². The summed E-state index contributed by atoms with van der Waals surface area (Å²) in [6, 6.07) is 4.90. The van der Waals surface area contributed by atoms with E-state index in [1.54, 1.807) is 0 Å². The van der Waals surface area contributed by atoms with E-state index in [2.05, 4.69) is 45.1 Å². The third-order valence-electron chi connectivity index (χ3n) is 4.43. The first kappa shape index (κ1) is 11.9. The molecule has 1 aromatic rings. The van der Waals surface area contributed by atoms with Gasteiger partial charge in [-0.05, 0) is 55.7 Å². The molecule has 1 fully saturated rings. The summed E-state index contributed by atoms with van der Waals surface area (Å²) in [5.74, 6) is 2.53. The van der Waals surface area contributed by atoms with Gasteiger partial charge < -0.3 is 10.1 Å². The number of rotatable bonds is 0. The van der Waals surface area contributed by atoms with Crippen LogP contribution in [0.3, 0.4) is 0 Å². The molecule has 4 atom stereocenters. The largest absolute Gasteiger partial charge is 0.486 e. The third-order valence-corrected chi connectivity index (χ3v) is 4.43. The molecular weight excluding hydrogens is 222 g/mol. The van der Waals surface area contributed by atoms with Crippen molar-refractivity contribution in [2.24, 2.45) is 11.8 Å². The van der Waals surface area contributed by atoms with Gasteiger partial charge in [0.05, 0.1) is 11.7 Å². The molecule has 1 aromatic carbocycles. The summed E-state index contributed by atoms with van der Waals surface area (Å²) in [5, 5.41) is 3.73. The molecule has 0 radical (unpaired) electrons. The summed E-state index contributed by atoms with van der Waals surface area (Å²) in [5.41, 5.74) is 3.75. The van der Waals surface area contributed by atoms with Crippen molar-refractivity contribution in [2.45, 2.75) is 52.7 Å². The number of ether oxygens (including phenoxy) is 1. The Balaban J connectivity index is 1.96. The van der Waals surface area contributed by atoms with Gasteiger partial charge in [-0.25, -0.2) is 0 Å². The summed E-state index contributed by atoms with van der Waals surface area (Å²) in [6.07, 6.45) is 2.82. The minimum absolute atomic E-state index is 0.345. The summed E-state index contributed by atoms with van der Waals surface area (Å²) >= 11 is 0. The SMILES string of the molecule is Cc1cc(C)c2c(c1)NC1C(C)CC(C)CC1O2. The highest BCUT2D eigenvalue weighted by Crippen LogP contribution is 2.42. The van der Waals surface area contributed by atoms with Gasteiger partial charge in [-0.3, -0.25) is 0 Å². The van der Waals surface area contributed by atoms with E-state index in [1.807, 2.05) is 0 Å². The highest BCUT2D eigenvalue weighted by molar-refractivity contribution is 5.64. The van der Waals surface area contributed by atoms with Gasteiger partial charge >= 0.3 is 0 Å². The van der Waals surface area contributed by atoms with Crippen molar-refractivity contribution in [2.75, 3.05) is 5.32 Å². The van der Waals surface area contributed by atoms with Crippen molar-refractivity contribution in [1.82, 2.24) is 0 Å². The van der Waals surface area contributed by atoms with Crippen LogP contribution in [0, 0.1) is 25.7 Å². The maximum Gasteiger partial charge on any atom is 0.145 e. The summed E-state index contributed by atoms with van der Waals surface area (Å²) in [7, 11) is 0. The Morgan fingerprint density at radius 3 is 2.72 bits per heavy atom. The van der Waals surface area contributed by atoms with Crippen LogP contribution in [0.4, 0.5) is 5.69 Å². The van der Waals surface area contributed by atoms with Crippen molar-refractivity contribution < 1.29 is 4.74 Å². The van der Waals surface area contributed by atoms with Gasteiger partial charge in [0, 0.05) is 0 Å². The van der Waals surface area contributed by atoms with Crippen LogP contribution in [0.25, 0.3) is 0 Å². The Hall–Kier alpha value is -1.18. The Morgan fingerprint density at radius 2 is 1.94 bits per heavy atom. The fourth-order valence-corrected chi connectivity index (χ4v) is 3.69. The normalized spacial score (nSPS) is 34.0. The van der Waals surface area contributed by atoms with E-state index in [-0.39, 0.29) is 0 Å². The number of aryl methyl sites for hydroxylation is 2. The molecule has 1 aliphatic heterocycles. The number of nitrogens with one attached hydrogen (secondary N) is 1. The summed E-state index contributed by atoms with van der Waals surface area (Å²) < 4.78 is 6.30. The zero-order valence-electron chi connectivity index (χ0n) is 11.8. The zero-order valence-corrected chi connectivity index (χ0v) is 11.8. The van der Waals surface area contributed by atoms with Gasteiger partial charge in [0.1, 0.15) is 11.9 Å². The standard InChI is InChI=1S/C16H23NO/c1-9-6-12(4)16-13(7-9)17-15-11(3)5-10(2)8-14(15)18-16/h6-7,10-11,14-15,17H,5,8H2,1-4H3. The molecule has 2 nitrogen and oxygen atoms in total. The van der Waals surface area contributed by atoms with Gasteiger partial charge in [0.2, 0.25) is 0 Å². The molecular formula is C16H23NO. The van der Waals surface area contributed by atoms with Gasteiger partial charge in [-0.2, -0.15) is 0 Å². The van der Waals surface area contributed by atoms with Crippen LogP contribution < -0.4 is 10.1 Å². The van der Waals surface area contributed by atoms with Crippen LogP contribution in [-0.4, -0.2) is 12.1 Å². The molecule has 0 amide bonds. The average molecular weight is 245 g/mol. The second-order valence-corrected chi connectivity index (χ2v) is 6.34. The lowest BCUT2D eigenvalue weighted by Gasteiger charge is -2.44. The molecule has 1 heterocycles. The van der Waals surface area contributed by atoms with Crippen LogP contribution in [0.2, 0.25) is 0 Å². The molecule has 0 spiro atoms. The topological polar surface area (TPSA) is 21.3 Å². The smallest absolute Gasteiger partial charge is 0.145 e. The monoisotopic (exact) mass is 245 g/mol. The Labute approximate surface area is 110 Å². The summed E-state index contributed by atoms with van der Waals surface area (Å²) in [6.45, 7) is 8.97. The lowest BCUT2D eigenvalue weighted by atomic mass is 9.77. The highest BCUT2D eigenvalue weighted by Gasteiger charge is 2.39. The molecule has 4 unspecified atom stereocenters. The molecule has 1 N–H and O–H groups in total. The number of hydrogen-bond donors (Lipinski definition) is 1. The van der Waals surface area contributed by atoms with Crippen LogP contribution in [-0.2, 0) is 0 Å². The first-order valence-electron chi connectivity index (χ1n) is 7.09. The minimum atomic E-state index is 0.345. The predicted molar refractivity (Wildman–Crippen MR) is 75.3 cm³/mol. The predicted octanol–water partition coefficient (Wildman–Crippen LogP) is 3.91. The molecule has 0 saturated heterocycles. The van der Waals surface area contributed by atoms with E-state index in [4.69, 9.17) is 4.74 Å². The lowest BCUT2D eigenvalue weighted by Crippen LogP contribution is -2.50. The van der Waals surface area contributed by atoms with Gasteiger partial charge in [-0.1, -0.05) is 19.9 Å². The molecule has 2 heteroatoms. The zero-order chi connectivity index (χ0) is 12.9. The van der Waals surface area contributed by atoms with E-state index in [0.29, 0.717) is 18.1 Å². The fourth-order valence-electron chi connectivity index (χ4n) is 3.69. The number of fused-ring (bicyclic) bond motifs is 2. The average Bonchev–Trinajstić information content (AvgIpc) is 2.27. The van der Waals surface area contributed by atoms with Gasteiger partial charge in [-0.15, -0.1) is 0 Å². The first-order valence-corrected chi connectivity index (χ1v) is 7.09. The highest BCUT2D eigenvalue weighted by atomic mass is 16.5. The number of benzene rings is 1. The minimum Gasteiger partial charge on any atom is -0.486 e. The molecule has 3 rings (SSSR count). The van der Waals surface area contributed by atoms with Crippen LogP contribution in [0.5, 0.6) is 5.75 Å². The Bertz CT molecular complexity index is 468. The maximum atomic E-state index is 6.30. The maximum absolute atomic E-state index is 6.30. The van der Waals surface area contributed by atoms with Gasteiger partial charge in [0.25, 0.3) is 0 Å². The van der Waals surface area contributed by atoms with Gasteiger partial charge in [0.15, 0.2) is 0 Å². The molecule has 18 heavy (non-hydrogen) atoms. The van der Waals surface area contributed by atoms with E-state index in [0.717, 1.165) is 11.7 Å². The van der Waals surface area contributed by atoms with Crippen LogP contribution >= 0.6 is 0 Å². The van der Waals surface area contributed by atoms with Crippen LogP contribution in [0.15, 0.2) is 12.1 Å². The van der Waals surface area contributed by atoms with E-state index < -0.39 is 0 Å². The Morgan fingerprint density at radius 1 is 1.17 bits per heavy atom. The van der Waals surface area contributed by atoms with Crippen molar-refractivity contribution >= 4 is 5.69 Å². The molecule has 98 valence electrons. The molecule has 1 aliphatic carbocycles. The first-order chi connectivity index (χ1) is 8.54. The van der Waals surface area contributed by atoms with Crippen molar-refractivity contribution in [3.63, 3.8) is 0 Å². The quantitative estimate of drug-likeness (QED) is 0.748. The van der Waals surface area contributed by atoms with E-state index in [9.17, 15) is 0 Å². The Kier molecular flexibility index (Phi) is 2.76. The third kappa shape index (κ3) is 1.88. The second-order valence-electron chi connectivity index (χ2n) is 6.34. The molecule has 0 aromatic heterocycles.